The molecule has 1 saturated heterocycles. The number of amides is 1. The zero-order valence-electron chi connectivity index (χ0n) is 18.1. The fourth-order valence-corrected chi connectivity index (χ4v) is 4.53. The predicted molar refractivity (Wildman–Crippen MR) is 123 cm³/mol. The molecule has 1 aromatic heterocycles. The number of fused-ring (bicyclic) bond motifs is 1. The van der Waals surface area contributed by atoms with Gasteiger partial charge < -0.3 is 19.5 Å². The van der Waals surface area contributed by atoms with Gasteiger partial charge in [-0.2, -0.15) is 0 Å². The summed E-state index contributed by atoms with van der Waals surface area (Å²) in [5.74, 6) is 0.926. The third kappa shape index (κ3) is 3.89. The van der Waals surface area contributed by atoms with Crippen molar-refractivity contribution < 1.29 is 9.53 Å². The van der Waals surface area contributed by atoms with Gasteiger partial charge in [0.1, 0.15) is 5.75 Å². The lowest BCUT2D eigenvalue weighted by atomic mass is 10.0. The molecular formula is C25H31N3O2. The molecular weight excluding hydrogens is 374 g/mol. The summed E-state index contributed by atoms with van der Waals surface area (Å²) in [5.41, 5.74) is 4.13. The lowest BCUT2D eigenvalue weighted by Crippen LogP contribution is -2.42. The molecule has 0 aliphatic carbocycles. The van der Waals surface area contributed by atoms with E-state index in [1.54, 1.807) is 7.11 Å². The molecule has 1 amide bonds. The molecule has 3 aromatic rings. The number of piperidine rings is 1. The number of carbonyl (C=O) groups excluding carboxylic acids is 1. The fraction of sp³-hybridized carbons (Fsp3) is 0.400. The highest BCUT2D eigenvalue weighted by atomic mass is 16.5. The first-order chi connectivity index (χ1) is 14.6. The van der Waals surface area contributed by atoms with Crippen LogP contribution in [0.15, 0.2) is 48.5 Å². The Bertz CT molecular complexity index is 1020. The number of hydrogen-bond acceptors (Lipinski definition) is 3. The van der Waals surface area contributed by atoms with Crippen LogP contribution >= 0.6 is 0 Å². The minimum absolute atomic E-state index is 0.138. The number of rotatable bonds is 6. The summed E-state index contributed by atoms with van der Waals surface area (Å²) in [6.07, 6.45) is 2.94. The lowest BCUT2D eigenvalue weighted by molar-refractivity contribution is 0.0719. The topological polar surface area (TPSA) is 46.5 Å². The van der Waals surface area contributed by atoms with E-state index in [1.807, 2.05) is 35.2 Å². The van der Waals surface area contributed by atoms with E-state index in [0.717, 1.165) is 72.5 Å². The third-order valence-corrected chi connectivity index (χ3v) is 6.12. The van der Waals surface area contributed by atoms with Crippen LogP contribution in [0.2, 0.25) is 0 Å². The summed E-state index contributed by atoms with van der Waals surface area (Å²) < 4.78 is 7.71. The molecule has 5 heteroatoms. The standard InChI is InChI=1S/C25H31N3O2/c1-4-14-28-18(2)24(22-17-21(30-3)10-11-23(22)28)25(29)27-15-12-20(13-16-27)26-19-8-6-5-7-9-19/h5-11,17,20,26H,4,12-16H2,1-3H3. The van der Waals surface area contributed by atoms with Crippen molar-refractivity contribution in [1.82, 2.24) is 9.47 Å². The van der Waals surface area contributed by atoms with Crippen molar-refractivity contribution >= 4 is 22.5 Å². The maximum atomic E-state index is 13.6. The average Bonchev–Trinajstić information content (AvgIpc) is 3.05. The zero-order chi connectivity index (χ0) is 21.1. The van der Waals surface area contributed by atoms with Crippen molar-refractivity contribution in [2.75, 3.05) is 25.5 Å². The van der Waals surface area contributed by atoms with Gasteiger partial charge in [0.2, 0.25) is 0 Å². The monoisotopic (exact) mass is 405 g/mol. The fourth-order valence-electron chi connectivity index (χ4n) is 4.53. The molecule has 0 saturated carbocycles. The van der Waals surface area contributed by atoms with Crippen molar-refractivity contribution in [2.24, 2.45) is 0 Å². The molecule has 158 valence electrons. The normalized spacial score (nSPS) is 14.8. The van der Waals surface area contributed by atoms with Gasteiger partial charge in [-0.3, -0.25) is 4.79 Å². The van der Waals surface area contributed by atoms with E-state index in [9.17, 15) is 4.79 Å². The quantitative estimate of drug-likeness (QED) is 0.622. The number of hydrogen-bond donors (Lipinski definition) is 1. The van der Waals surface area contributed by atoms with Crippen molar-refractivity contribution in [3.8, 4) is 5.75 Å². The zero-order valence-corrected chi connectivity index (χ0v) is 18.1. The molecule has 0 bridgehead atoms. The number of carbonyl (C=O) groups is 1. The second-order valence-corrected chi connectivity index (χ2v) is 8.07. The Morgan fingerprint density at radius 3 is 2.53 bits per heavy atom. The number of nitrogens with one attached hydrogen (secondary N) is 1. The van der Waals surface area contributed by atoms with Crippen LogP contribution in [0.25, 0.3) is 10.9 Å². The molecule has 4 rings (SSSR count). The van der Waals surface area contributed by atoms with E-state index in [2.05, 4.69) is 41.9 Å². The number of para-hydroxylation sites is 1. The second-order valence-electron chi connectivity index (χ2n) is 8.07. The summed E-state index contributed by atoms with van der Waals surface area (Å²) >= 11 is 0. The van der Waals surface area contributed by atoms with Crippen LogP contribution in [0.1, 0.15) is 42.2 Å². The average molecular weight is 406 g/mol. The van der Waals surface area contributed by atoms with Gasteiger partial charge in [-0.25, -0.2) is 0 Å². The van der Waals surface area contributed by atoms with E-state index in [-0.39, 0.29) is 5.91 Å². The van der Waals surface area contributed by atoms with E-state index in [0.29, 0.717) is 6.04 Å². The van der Waals surface area contributed by atoms with Crippen LogP contribution in [-0.2, 0) is 6.54 Å². The molecule has 1 aliphatic rings. The van der Waals surface area contributed by atoms with Gasteiger partial charge in [-0.1, -0.05) is 25.1 Å². The highest BCUT2D eigenvalue weighted by molar-refractivity contribution is 6.08. The van der Waals surface area contributed by atoms with Crippen molar-refractivity contribution in [3.05, 3.63) is 59.8 Å². The summed E-state index contributed by atoms with van der Waals surface area (Å²) in [7, 11) is 1.67. The predicted octanol–water partition coefficient (Wildman–Crippen LogP) is 5.09. The van der Waals surface area contributed by atoms with E-state index in [1.165, 1.54) is 0 Å². The van der Waals surface area contributed by atoms with Gasteiger partial charge in [0.25, 0.3) is 5.91 Å². The highest BCUT2D eigenvalue weighted by Gasteiger charge is 2.28. The van der Waals surface area contributed by atoms with Gasteiger partial charge >= 0.3 is 0 Å². The van der Waals surface area contributed by atoms with Crippen LogP contribution < -0.4 is 10.1 Å². The van der Waals surface area contributed by atoms with Gasteiger partial charge in [-0.15, -0.1) is 0 Å². The van der Waals surface area contributed by atoms with Crippen LogP contribution in [-0.4, -0.2) is 41.6 Å². The molecule has 0 unspecified atom stereocenters. The number of benzene rings is 2. The number of nitrogens with zero attached hydrogens (tertiary/aromatic N) is 2. The Balaban J connectivity index is 1.55. The SMILES string of the molecule is CCCn1c(C)c(C(=O)N2CCC(Nc3ccccc3)CC2)c2cc(OC)ccc21. The molecule has 0 spiro atoms. The molecule has 0 atom stereocenters. The van der Waals surface area contributed by atoms with Crippen molar-refractivity contribution in [2.45, 2.75) is 45.7 Å². The van der Waals surface area contributed by atoms with Crippen molar-refractivity contribution in [3.63, 3.8) is 0 Å². The van der Waals surface area contributed by atoms with Gasteiger partial charge in [0.15, 0.2) is 0 Å². The Labute approximate surface area is 178 Å². The van der Waals surface area contributed by atoms with Gasteiger partial charge in [0.05, 0.1) is 12.7 Å². The molecule has 2 aromatic carbocycles. The Hall–Kier alpha value is -2.95. The first-order valence-corrected chi connectivity index (χ1v) is 10.9. The minimum atomic E-state index is 0.138. The third-order valence-electron chi connectivity index (χ3n) is 6.12. The van der Waals surface area contributed by atoms with Gasteiger partial charge in [-0.05, 0) is 56.5 Å². The number of aryl methyl sites for hydroxylation is 1. The Morgan fingerprint density at radius 2 is 1.87 bits per heavy atom. The van der Waals surface area contributed by atoms with Crippen LogP contribution in [0.3, 0.4) is 0 Å². The van der Waals surface area contributed by atoms with E-state index < -0.39 is 0 Å². The van der Waals surface area contributed by atoms with Crippen LogP contribution in [0, 0.1) is 6.92 Å². The highest BCUT2D eigenvalue weighted by Crippen LogP contribution is 2.31. The maximum Gasteiger partial charge on any atom is 0.256 e. The number of anilines is 1. The summed E-state index contributed by atoms with van der Waals surface area (Å²) in [6.45, 7) is 6.69. The number of methoxy groups -OCH3 is 1. The molecule has 1 N–H and O–H groups in total. The summed E-state index contributed by atoms with van der Waals surface area (Å²) in [4.78, 5) is 15.6. The largest absolute Gasteiger partial charge is 0.497 e. The maximum absolute atomic E-state index is 13.6. The summed E-state index contributed by atoms with van der Waals surface area (Å²) in [5, 5.41) is 4.59. The Kier molecular flexibility index (Phi) is 5.98. The number of aromatic nitrogens is 1. The van der Waals surface area contributed by atoms with E-state index >= 15 is 0 Å². The first kappa shape index (κ1) is 20.3. The molecule has 1 fully saturated rings. The smallest absolute Gasteiger partial charge is 0.256 e. The molecule has 30 heavy (non-hydrogen) atoms. The summed E-state index contributed by atoms with van der Waals surface area (Å²) in [6, 6.07) is 16.8. The van der Waals surface area contributed by atoms with Crippen molar-refractivity contribution in [1.29, 1.82) is 0 Å². The lowest BCUT2D eigenvalue weighted by Gasteiger charge is -2.33. The first-order valence-electron chi connectivity index (χ1n) is 10.9. The number of ether oxygens (including phenoxy) is 1. The second kappa shape index (κ2) is 8.82. The van der Waals surface area contributed by atoms with Crippen LogP contribution in [0.4, 0.5) is 5.69 Å². The molecule has 5 nitrogen and oxygen atoms in total. The number of likely N-dealkylation sites (tertiary alicyclic amines) is 1. The minimum Gasteiger partial charge on any atom is -0.497 e. The molecule has 1 aliphatic heterocycles. The van der Waals surface area contributed by atoms with Crippen LogP contribution in [0.5, 0.6) is 5.75 Å². The molecule has 2 heterocycles. The van der Waals surface area contributed by atoms with E-state index in [4.69, 9.17) is 4.74 Å². The Morgan fingerprint density at radius 1 is 1.13 bits per heavy atom. The molecule has 0 radical (unpaired) electrons. The van der Waals surface area contributed by atoms with Gasteiger partial charge in [0, 0.05) is 48.0 Å².